The van der Waals surface area contributed by atoms with Gasteiger partial charge in [0.05, 0.1) is 24.7 Å². The van der Waals surface area contributed by atoms with E-state index >= 15 is 0 Å². The molecule has 4 heteroatoms. The molecule has 1 aromatic rings. The summed E-state index contributed by atoms with van der Waals surface area (Å²) in [5, 5.41) is 9.88. The van der Waals surface area contributed by atoms with Gasteiger partial charge in [0.25, 0.3) is 0 Å². The fourth-order valence-electron chi connectivity index (χ4n) is 1.93. The molecule has 0 heterocycles. The van der Waals surface area contributed by atoms with Crippen LogP contribution in [0.25, 0.3) is 0 Å². The van der Waals surface area contributed by atoms with E-state index < -0.39 is 0 Å². The molecule has 0 atom stereocenters. The summed E-state index contributed by atoms with van der Waals surface area (Å²) in [7, 11) is 0. The van der Waals surface area contributed by atoms with Crippen LogP contribution in [-0.2, 0) is 27.7 Å². The number of carbonyl (C=O) groups excluding carboxylic acids is 1. The number of nitrogens with zero attached hydrogens (tertiary/aromatic N) is 1. The minimum atomic E-state index is -0.248. The van der Waals surface area contributed by atoms with Gasteiger partial charge in [-0.05, 0) is 30.0 Å². The standard InChI is InChI=1S/C14H16BrNO2/c1-3-12-10(7-14(17)18-4-2)5-6-11(8-15)13(12)9-16/h5-6H,3-4,7-8H2,1-2H3. The van der Waals surface area contributed by atoms with Crippen molar-refractivity contribution in [2.24, 2.45) is 0 Å². The maximum atomic E-state index is 11.5. The zero-order valence-electron chi connectivity index (χ0n) is 10.6. The molecule has 0 aliphatic rings. The molecule has 0 bridgehead atoms. The van der Waals surface area contributed by atoms with Crippen LogP contribution in [0.1, 0.15) is 36.1 Å². The third-order valence-electron chi connectivity index (χ3n) is 2.75. The lowest BCUT2D eigenvalue weighted by molar-refractivity contribution is -0.142. The fourth-order valence-corrected chi connectivity index (χ4v) is 2.39. The third kappa shape index (κ3) is 3.33. The van der Waals surface area contributed by atoms with Gasteiger partial charge in [-0.3, -0.25) is 4.79 Å². The van der Waals surface area contributed by atoms with Crippen LogP contribution in [-0.4, -0.2) is 12.6 Å². The van der Waals surface area contributed by atoms with E-state index in [9.17, 15) is 10.1 Å². The first-order valence-electron chi connectivity index (χ1n) is 5.93. The van der Waals surface area contributed by atoms with Crippen LogP contribution in [0.4, 0.5) is 0 Å². The van der Waals surface area contributed by atoms with Gasteiger partial charge in [-0.2, -0.15) is 5.26 Å². The molecule has 0 aliphatic heterocycles. The number of benzene rings is 1. The number of nitriles is 1. The molecule has 0 amide bonds. The molecular weight excluding hydrogens is 294 g/mol. The molecule has 0 radical (unpaired) electrons. The van der Waals surface area contributed by atoms with Gasteiger partial charge in [0, 0.05) is 5.33 Å². The number of hydrogen-bond acceptors (Lipinski definition) is 3. The average molecular weight is 310 g/mol. The number of rotatable bonds is 5. The van der Waals surface area contributed by atoms with Crippen LogP contribution in [0.15, 0.2) is 12.1 Å². The Morgan fingerprint density at radius 2 is 2.06 bits per heavy atom. The van der Waals surface area contributed by atoms with E-state index in [4.69, 9.17) is 4.74 Å². The van der Waals surface area contributed by atoms with Gasteiger partial charge < -0.3 is 4.74 Å². The van der Waals surface area contributed by atoms with Gasteiger partial charge in [-0.15, -0.1) is 0 Å². The number of esters is 1. The third-order valence-corrected chi connectivity index (χ3v) is 3.35. The lowest BCUT2D eigenvalue weighted by Crippen LogP contribution is -2.10. The predicted molar refractivity (Wildman–Crippen MR) is 73.5 cm³/mol. The van der Waals surface area contributed by atoms with Crippen molar-refractivity contribution >= 4 is 21.9 Å². The molecule has 3 nitrogen and oxygen atoms in total. The number of ether oxygens (including phenoxy) is 1. The highest BCUT2D eigenvalue weighted by molar-refractivity contribution is 9.08. The van der Waals surface area contributed by atoms with Gasteiger partial charge in [0.1, 0.15) is 0 Å². The van der Waals surface area contributed by atoms with Crippen molar-refractivity contribution in [1.82, 2.24) is 0 Å². The molecule has 0 saturated carbocycles. The van der Waals surface area contributed by atoms with E-state index in [1.165, 1.54) is 0 Å². The van der Waals surface area contributed by atoms with Crippen molar-refractivity contribution in [3.8, 4) is 6.07 Å². The van der Waals surface area contributed by atoms with E-state index in [1.54, 1.807) is 6.92 Å². The Morgan fingerprint density at radius 1 is 1.39 bits per heavy atom. The van der Waals surface area contributed by atoms with Crippen LogP contribution >= 0.6 is 15.9 Å². The van der Waals surface area contributed by atoms with Gasteiger partial charge >= 0.3 is 5.97 Å². The normalized spacial score (nSPS) is 9.89. The van der Waals surface area contributed by atoms with E-state index in [-0.39, 0.29) is 12.4 Å². The van der Waals surface area contributed by atoms with Crippen molar-refractivity contribution in [3.63, 3.8) is 0 Å². The van der Waals surface area contributed by atoms with Crippen LogP contribution < -0.4 is 0 Å². The van der Waals surface area contributed by atoms with Crippen molar-refractivity contribution in [1.29, 1.82) is 5.26 Å². The Bertz CT molecular complexity index is 477. The summed E-state index contributed by atoms with van der Waals surface area (Å²) >= 11 is 3.37. The number of hydrogen-bond donors (Lipinski definition) is 0. The molecule has 0 saturated heterocycles. The van der Waals surface area contributed by atoms with Crippen LogP contribution in [0, 0.1) is 11.3 Å². The summed E-state index contributed by atoms with van der Waals surface area (Å²) in [6, 6.07) is 6.03. The van der Waals surface area contributed by atoms with E-state index in [0.717, 1.165) is 23.1 Å². The summed E-state index contributed by atoms with van der Waals surface area (Å²) in [5.41, 5.74) is 3.47. The van der Waals surface area contributed by atoms with E-state index in [0.29, 0.717) is 17.5 Å². The molecule has 1 rings (SSSR count). The molecule has 0 unspecified atom stereocenters. The number of halogens is 1. The second kappa shape index (κ2) is 7.17. The highest BCUT2D eigenvalue weighted by atomic mass is 79.9. The highest BCUT2D eigenvalue weighted by Gasteiger charge is 2.14. The van der Waals surface area contributed by atoms with Gasteiger partial charge in [0.2, 0.25) is 0 Å². The zero-order valence-corrected chi connectivity index (χ0v) is 12.2. The maximum Gasteiger partial charge on any atom is 0.310 e. The minimum Gasteiger partial charge on any atom is -0.466 e. The first-order chi connectivity index (χ1) is 8.67. The van der Waals surface area contributed by atoms with Gasteiger partial charge in [-0.25, -0.2) is 0 Å². The summed E-state index contributed by atoms with van der Waals surface area (Å²) in [5.74, 6) is -0.248. The fraction of sp³-hybridized carbons (Fsp3) is 0.429. The maximum absolute atomic E-state index is 11.5. The monoisotopic (exact) mass is 309 g/mol. The Balaban J connectivity index is 3.14. The molecular formula is C14H16BrNO2. The molecule has 18 heavy (non-hydrogen) atoms. The summed E-state index contributed by atoms with van der Waals surface area (Å²) < 4.78 is 4.94. The largest absolute Gasteiger partial charge is 0.466 e. The van der Waals surface area contributed by atoms with Gasteiger partial charge in [-0.1, -0.05) is 35.0 Å². The van der Waals surface area contributed by atoms with E-state index in [2.05, 4.69) is 22.0 Å². The first kappa shape index (κ1) is 14.7. The first-order valence-corrected chi connectivity index (χ1v) is 7.05. The van der Waals surface area contributed by atoms with Crippen LogP contribution in [0.2, 0.25) is 0 Å². The van der Waals surface area contributed by atoms with Gasteiger partial charge in [0.15, 0.2) is 0 Å². The summed E-state index contributed by atoms with van der Waals surface area (Å²) in [6.45, 7) is 4.15. The van der Waals surface area contributed by atoms with Crippen LogP contribution in [0.5, 0.6) is 0 Å². The predicted octanol–water partition coefficient (Wildman–Crippen LogP) is 3.12. The molecule has 0 aromatic heterocycles. The highest BCUT2D eigenvalue weighted by Crippen LogP contribution is 2.22. The molecule has 0 N–H and O–H groups in total. The molecule has 0 fully saturated rings. The lowest BCUT2D eigenvalue weighted by atomic mass is 9.94. The molecule has 0 spiro atoms. The summed E-state index contributed by atoms with van der Waals surface area (Å²) in [6.07, 6.45) is 0.965. The average Bonchev–Trinajstić information content (AvgIpc) is 2.38. The van der Waals surface area contributed by atoms with Crippen molar-refractivity contribution < 1.29 is 9.53 Å². The van der Waals surface area contributed by atoms with E-state index in [1.807, 2.05) is 19.1 Å². The van der Waals surface area contributed by atoms with Crippen molar-refractivity contribution in [2.45, 2.75) is 32.0 Å². The van der Waals surface area contributed by atoms with Crippen molar-refractivity contribution in [3.05, 3.63) is 34.4 Å². The SMILES string of the molecule is CCOC(=O)Cc1ccc(CBr)c(C#N)c1CC. The van der Waals surface area contributed by atoms with Crippen molar-refractivity contribution in [2.75, 3.05) is 6.61 Å². The Hall–Kier alpha value is -1.34. The quantitative estimate of drug-likeness (QED) is 0.620. The molecule has 96 valence electrons. The number of carbonyl (C=O) groups is 1. The number of alkyl halides is 1. The Morgan fingerprint density at radius 3 is 2.56 bits per heavy atom. The second-order valence-corrected chi connectivity index (χ2v) is 4.38. The molecule has 0 aliphatic carbocycles. The van der Waals surface area contributed by atoms with Crippen LogP contribution in [0.3, 0.4) is 0 Å². The smallest absolute Gasteiger partial charge is 0.310 e. The lowest BCUT2D eigenvalue weighted by Gasteiger charge is -2.12. The second-order valence-electron chi connectivity index (χ2n) is 3.82. The summed E-state index contributed by atoms with van der Waals surface area (Å²) in [4.78, 5) is 11.5. The zero-order chi connectivity index (χ0) is 13.5. The topological polar surface area (TPSA) is 50.1 Å². The Labute approximate surface area is 116 Å². The minimum absolute atomic E-state index is 0.230. The Kier molecular flexibility index (Phi) is 5.87. The molecule has 1 aromatic carbocycles.